The second kappa shape index (κ2) is 4.69. The first-order valence-electron chi connectivity index (χ1n) is 5.98. The van der Waals surface area contributed by atoms with Crippen LogP contribution < -0.4 is 4.90 Å². The Balaban J connectivity index is 2.35. The SMILES string of the molecule is CCCC1(C(=O)O)CCCN1c1cnccn1. The summed E-state index contributed by atoms with van der Waals surface area (Å²) in [5.41, 5.74) is -0.787. The highest BCUT2D eigenvalue weighted by atomic mass is 16.4. The van der Waals surface area contributed by atoms with E-state index >= 15 is 0 Å². The number of aromatic nitrogens is 2. The molecule has 92 valence electrons. The van der Waals surface area contributed by atoms with Crippen LogP contribution >= 0.6 is 0 Å². The molecule has 5 heteroatoms. The van der Waals surface area contributed by atoms with E-state index < -0.39 is 11.5 Å². The summed E-state index contributed by atoms with van der Waals surface area (Å²) in [7, 11) is 0. The zero-order valence-electron chi connectivity index (χ0n) is 9.96. The van der Waals surface area contributed by atoms with Gasteiger partial charge in [-0.3, -0.25) is 4.98 Å². The van der Waals surface area contributed by atoms with E-state index in [9.17, 15) is 9.90 Å². The molecule has 1 unspecified atom stereocenters. The van der Waals surface area contributed by atoms with Crippen LogP contribution in [0, 0.1) is 0 Å². The van der Waals surface area contributed by atoms with Crippen molar-refractivity contribution in [1.29, 1.82) is 0 Å². The number of rotatable bonds is 4. The predicted molar refractivity (Wildman–Crippen MR) is 63.9 cm³/mol. The minimum absolute atomic E-state index is 0.652. The summed E-state index contributed by atoms with van der Waals surface area (Å²) in [5, 5.41) is 9.54. The van der Waals surface area contributed by atoms with Gasteiger partial charge in [0, 0.05) is 18.9 Å². The third kappa shape index (κ3) is 1.97. The van der Waals surface area contributed by atoms with Crippen LogP contribution in [0.5, 0.6) is 0 Å². The van der Waals surface area contributed by atoms with E-state index in [4.69, 9.17) is 0 Å². The van der Waals surface area contributed by atoms with Gasteiger partial charge in [-0.2, -0.15) is 0 Å². The Kier molecular flexibility index (Phi) is 3.26. The Morgan fingerprint density at radius 1 is 1.59 bits per heavy atom. The number of carboxylic acids is 1. The third-order valence-corrected chi connectivity index (χ3v) is 3.38. The quantitative estimate of drug-likeness (QED) is 0.860. The van der Waals surface area contributed by atoms with Crippen LogP contribution in [0.2, 0.25) is 0 Å². The van der Waals surface area contributed by atoms with Crippen LogP contribution in [0.1, 0.15) is 32.6 Å². The van der Waals surface area contributed by atoms with E-state index in [2.05, 4.69) is 9.97 Å². The summed E-state index contributed by atoms with van der Waals surface area (Å²) in [6.45, 7) is 2.75. The molecule has 1 aliphatic rings. The maximum absolute atomic E-state index is 11.6. The highest BCUT2D eigenvalue weighted by Gasteiger charge is 2.47. The first kappa shape index (κ1) is 11.8. The first-order chi connectivity index (χ1) is 8.20. The Morgan fingerprint density at radius 2 is 2.41 bits per heavy atom. The molecular formula is C12H17N3O2. The van der Waals surface area contributed by atoms with Crippen molar-refractivity contribution in [2.75, 3.05) is 11.4 Å². The standard InChI is InChI=1S/C12H17N3O2/c1-2-4-12(11(16)17)5-3-8-15(12)10-9-13-6-7-14-10/h6-7,9H,2-5,8H2,1H3,(H,16,17). The zero-order valence-corrected chi connectivity index (χ0v) is 9.96. The lowest BCUT2D eigenvalue weighted by atomic mass is 9.91. The van der Waals surface area contributed by atoms with E-state index in [0.29, 0.717) is 18.7 Å². The molecule has 1 fully saturated rings. The van der Waals surface area contributed by atoms with Gasteiger partial charge in [-0.15, -0.1) is 0 Å². The predicted octanol–water partition coefficient (Wildman–Crippen LogP) is 1.70. The fourth-order valence-electron chi connectivity index (χ4n) is 2.65. The molecule has 0 radical (unpaired) electrons. The summed E-state index contributed by atoms with van der Waals surface area (Å²) in [6, 6.07) is 0. The van der Waals surface area contributed by atoms with Gasteiger partial charge >= 0.3 is 5.97 Å². The maximum Gasteiger partial charge on any atom is 0.329 e. The molecule has 2 heterocycles. The highest BCUT2D eigenvalue weighted by molar-refractivity contribution is 5.84. The number of carbonyl (C=O) groups is 1. The van der Waals surface area contributed by atoms with Crippen LogP contribution in [0.15, 0.2) is 18.6 Å². The molecule has 0 amide bonds. The molecule has 1 N–H and O–H groups in total. The lowest BCUT2D eigenvalue weighted by Crippen LogP contribution is -2.51. The summed E-state index contributed by atoms with van der Waals surface area (Å²) in [6.07, 6.45) is 7.92. The molecule has 5 nitrogen and oxygen atoms in total. The summed E-state index contributed by atoms with van der Waals surface area (Å²) < 4.78 is 0. The monoisotopic (exact) mass is 235 g/mol. The van der Waals surface area contributed by atoms with Gasteiger partial charge in [-0.05, 0) is 19.3 Å². The molecule has 0 aliphatic carbocycles. The average Bonchev–Trinajstić information content (AvgIpc) is 2.76. The normalized spacial score (nSPS) is 23.9. The van der Waals surface area contributed by atoms with Crippen molar-refractivity contribution in [3.63, 3.8) is 0 Å². The second-order valence-electron chi connectivity index (χ2n) is 4.41. The van der Waals surface area contributed by atoms with E-state index in [1.165, 1.54) is 0 Å². The van der Waals surface area contributed by atoms with Crippen LogP contribution in [0.3, 0.4) is 0 Å². The number of hydrogen-bond donors (Lipinski definition) is 1. The molecule has 17 heavy (non-hydrogen) atoms. The molecule has 0 bridgehead atoms. The maximum atomic E-state index is 11.6. The molecule has 1 aromatic heterocycles. The lowest BCUT2D eigenvalue weighted by molar-refractivity contribution is -0.143. The summed E-state index contributed by atoms with van der Waals surface area (Å²) >= 11 is 0. The van der Waals surface area contributed by atoms with Crippen LogP contribution in [-0.2, 0) is 4.79 Å². The molecule has 1 atom stereocenters. The van der Waals surface area contributed by atoms with Crippen molar-refractivity contribution in [2.24, 2.45) is 0 Å². The molecule has 0 spiro atoms. The molecular weight excluding hydrogens is 218 g/mol. The first-order valence-corrected chi connectivity index (χ1v) is 5.98. The van der Waals surface area contributed by atoms with Crippen molar-refractivity contribution < 1.29 is 9.90 Å². The van der Waals surface area contributed by atoms with Crippen molar-refractivity contribution in [3.8, 4) is 0 Å². The highest BCUT2D eigenvalue weighted by Crippen LogP contribution is 2.36. The molecule has 1 aromatic rings. The Morgan fingerprint density at radius 3 is 3.00 bits per heavy atom. The van der Waals surface area contributed by atoms with Crippen LogP contribution in [0.25, 0.3) is 0 Å². The zero-order chi connectivity index (χ0) is 12.3. The third-order valence-electron chi connectivity index (χ3n) is 3.38. The van der Waals surface area contributed by atoms with E-state index in [1.54, 1.807) is 18.6 Å². The minimum Gasteiger partial charge on any atom is -0.479 e. The molecule has 0 aromatic carbocycles. The Bertz CT molecular complexity index is 396. The smallest absolute Gasteiger partial charge is 0.329 e. The van der Waals surface area contributed by atoms with E-state index in [-0.39, 0.29) is 0 Å². The van der Waals surface area contributed by atoms with Crippen molar-refractivity contribution in [3.05, 3.63) is 18.6 Å². The van der Waals surface area contributed by atoms with Gasteiger partial charge < -0.3 is 10.0 Å². The fraction of sp³-hybridized carbons (Fsp3) is 0.583. The summed E-state index contributed by atoms with van der Waals surface area (Å²) in [5.74, 6) is -0.0802. The molecule has 1 saturated heterocycles. The molecule has 1 aliphatic heterocycles. The van der Waals surface area contributed by atoms with Gasteiger partial charge in [0.15, 0.2) is 0 Å². The fourth-order valence-corrected chi connectivity index (χ4v) is 2.65. The second-order valence-corrected chi connectivity index (χ2v) is 4.41. The number of carboxylic acid groups (broad SMARTS) is 1. The average molecular weight is 235 g/mol. The lowest BCUT2D eigenvalue weighted by Gasteiger charge is -2.35. The summed E-state index contributed by atoms with van der Waals surface area (Å²) in [4.78, 5) is 21.7. The number of aliphatic carboxylic acids is 1. The largest absolute Gasteiger partial charge is 0.479 e. The Hall–Kier alpha value is -1.65. The van der Waals surface area contributed by atoms with Crippen molar-refractivity contribution in [1.82, 2.24) is 9.97 Å². The molecule has 2 rings (SSSR count). The number of hydrogen-bond acceptors (Lipinski definition) is 4. The van der Waals surface area contributed by atoms with E-state index in [1.807, 2.05) is 11.8 Å². The van der Waals surface area contributed by atoms with Gasteiger partial charge in [-0.1, -0.05) is 13.3 Å². The molecule has 0 saturated carbocycles. The van der Waals surface area contributed by atoms with Crippen LogP contribution in [0.4, 0.5) is 5.82 Å². The van der Waals surface area contributed by atoms with Gasteiger partial charge in [0.05, 0.1) is 6.20 Å². The van der Waals surface area contributed by atoms with E-state index in [0.717, 1.165) is 19.4 Å². The topological polar surface area (TPSA) is 66.3 Å². The number of nitrogens with zero attached hydrogens (tertiary/aromatic N) is 3. The minimum atomic E-state index is -0.787. The number of anilines is 1. The van der Waals surface area contributed by atoms with Gasteiger partial charge in [0.1, 0.15) is 11.4 Å². The van der Waals surface area contributed by atoms with Gasteiger partial charge in [0.2, 0.25) is 0 Å². The van der Waals surface area contributed by atoms with Gasteiger partial charge in [-0.25, -0.2) is 9.78 Å². The van der Waals surface area contributed by atoms with Gasteiger partial charge in [0.25, 0.3) is 0 Å². The van der Waals surface area contributed by atoms with Crippen LogP contribution in [-0.4, -0.2) is 33.1 Å². The Labute approximate surface area is 100 Å². The van der Waals surface area contributed by atoms with Crippen molar-refractivity contribution in [2.45, 2.75) is 38.1 Å². The van der Waals surface area contributed by atoms with Crippen molar-refractivity contribution >= 4 is 11.8 Å².